The summed E-state index contributed by atoms with van der Waals surface area (Å²) in [7, 11) is -3.42. The van der Waals surface area contributed by atoms with E-state index < -0.39 is 10.0 Å². The second kappa shape index (κ2) is 6.44. The number of aliphatic hydroxyl groups is 1. The SMILES string of the molecule is Cc1cc(C)c(S(=O)(=O)N2CC[NH+](CCO)CC2)c(C)c1. The van der Waals surface area contributed by atoms with Gasteiger partial charge in [0.05, 0.1) is 37.7 Å². The predicted molar refractivity (Wildman–Crippen MR) is 82.1 cm³/mol. The number of aryl methyl sites for hydroxylation is 3. The van der Waals surface area contributed by atoms with Crippen molar-refractivity contribution in [3.8, 4) is 0 Å². The predicted octanol–water partition coefficient (Wildman–Crippen LogP) is -0.507. The molecular formula is C15H25N2O3S+. The first kappa shape index (κ1) is 16.4. The van der Waals surface area contributed by atoms with Crippen LogP contribution in [-0.4, -0.2) is 57.2 Å². The first-order chi connectivity index (χ1) is 9.86. The molecule has 1 aromatic carbocycles. The first-order valence-corrected chi connectivity index (χ1v) is 8.82. The maximum Gasteiger partial charge on any atom is 0.244 e. The zero-order valence-corrected chi connectivity index (χ0v) is 13.8. The Labute approximate surface area is 127 Å². The van der Waals surface area contributed by atoms with Crippen LogP contribution in [0.25, 0.3) is 0 Å². The van der Waals surface area contributed by atoms with Gasteiger partial charge in [0.15, 0.2) is 0 Å². The third-order valence-electron chi connectivity index (χ3n) is 4.10. The largest absolute Gasteiger partial charge is 0.391 e. The van der Waals surface area contributed by atoms with Gasteiger partial charge >= 0.3 is 0 Å². The molecule has 0 aromatic heterocycles. The molecule has 0 saturated carbocycles. The van der Waals surface area contributed by atoms with Gasteiger partial charge in [0.1, 0.15) is 6.54 Å². The van der Waals surface area contributed by atoms with Gasteiger partial charge in [-0.25, -0.2) is 8.42 Å². The highest BCUT2D eigenvalue weighted by atomic mass is 32.2. The molecule has 1 heterocycles. The molecule has 118 valence electrons. The van der Waals surface area contributed by atoms with Crippen LogP contribution in [0, 0.1) is 20.8 Å². The normalized spacial score (nSPS) is 18.1. The lowest BCUT2D eigenvalue weighted by Crippen LogP contribution is -3.15. The van der Waals surface area contributed by atoms with E-state index >= 15 is 0 Å². The van der Waals surface area contributed by atoms with Crippen molar-refractivity contribution in [1.82, 2.24) is 4.31 Å². The Morgan fingerprint density at radius 1 is 1.14 bits per heavy atom. The molecule has 1 aliphatic rings. The third-order valence-corrected chi connectivity index (χ3v) is 6.30. The van der Waals surface area contributed by atoms with Crippen LogP contribution in [0.1, 0.15) is 16.7 Å². The molecule has 1 aliphatic heterocycles. The number of hydrogen-bond acceptors (Lipinski definition) is 3. The van der Waals surface area contributed by atoms with Gasteiger partial charge in [-0.3, -0.25) is 0 Å². The molecule has 0 radical (unpaired) electrons. The molecule has 0 atom stereocenters. The highest BCUT2D eigenvalue weighted by Gasteiger charge is 2.32. The van der Waals surface area contributed by atoms with Gasteiger partial charge in [-0.1, -0.05) is 17.7 Å². The van der Waals surface area contributed by atoms with Gasteiger partial charge in [-0.05, 0) is 31.9 Å². The number of sulfonamides is 1. The first-order valence-electron chi connectivity index (χ1n) is 7.38. The summed E-state index contributed by atoms with van der Waals surface area (Å²) in [5.74, 6) is 0. The Kier molecular flexibility index (Phi) is 5.03. The number of hydrogen-bond donors (Lipinski definition) is 2. The van der Waals surface area contributed by atoms with Crippen molar-refractivity contribution >= 4 is 10.0 Å². The summed E-state index contributed by atoms with van der Waals surface area (Å²) in [5, 5.41) is 8.97. The van der Waals surface area contributed by atoms with Crippen LogP contribution in [-0.2, 0) is 10.0 Å². The number of rotatable bonds is 4. The zero-order valence-electron chi connectivity index (χ0n) is 13.0. The number of benzene rings is 1. The van der Waals surface area contributed by atoms with Gasteiger partial charge in [0.2, 0.25) is 10.0 Å². The molecule has 6 heteroatoms. The summed E-state index contributed by atoms with van der Waals surface area (Å²) in [6.45, 7) is 9.09. The van der Waals surface area contributed by atoms with Gasteiger partial charge < -0.3 is 10.0 Å². The summed E-state index contributed by atoms with van der Waals surface area (Å²) in [4.78, 5) is 1.72. The molecule has 1 aromatic rings. The van der Waals surface area contributed by atoms with Gasteiger partial charge in [-0.2, -0.15) is 4.31 Å². The maximum atomic E-state index is 12.9. The van der Waals surface area contributed by atoms with Crippen molar-refractivity contribution < 1.29 is 18.4 Å². The third kappa shape index (κ3) is 3.45. The van der Waals surface area contributed by atoms with Crippen LogP contribution < -0.4 is 4.90 Å². The standard InChI is InChI=1S/C15H24N2O3S/c1-12-10-13(2)15(14(3)11-12)21(19,20)17-6-4-16(5-7-17)8-9-18/h10-11,18H,4-9H2,1-3H3/p+1. The molecule has 0 unspecified atom stereocenters. The second-order valence-electron chi connectivity index (χ2n) is 5.86. The fourth-order valence-electron chi connectivity index (χ4n) is 3.15. The van der Waals surface area contributed by atoms with E-state index in [2.05, 4.69) is 0 Å². The van der Waals surface area contributed by atoms with E-state index in [0.29, 0.717) is 24.5 Å². The lowest BCUT2D eigenvalue weighted by atomic mass is 10.1. The zero-order chi connectivity index (χ0) is 15.6. The Hall–Kier alpha value is -0.950. The minimum Gasteiger partial charge on any atom is -0.391 e. The lowest BCUT2D eigenvalue weighted by molar-refractivity contribution is -0.904. The Balaban J connectivity index is 2.24. The smallest absolute Gasteiger partial charge is 0.244 e. The second-order valence-corrected chi connectivity index (χ2v) is 7.73. The fraction of sp³-hybridized carbons (Fsp3) is 0.600. The Morgan fingerprint density at radius 2 is 1.67 bits per heavy atom. The molecule has 2 N–H and O–H groups in total. The molecule has 5 nitrogen and oxygen atoms in total. The van der Waals surface area contributed by atoms with E-state index in [1.54, 1.807) is 4.31 Å². The average Bonchev–Trinajstić information content (AvgIpc) is 2.38. The van der Waals surface area contributed by atoms with Crippen LogP contribution >= 0.6 is 0 Å². The van der Waals surface area contributed by atoms with Crippen molar-refractivity contribution in [2.24, 2.45) is 0 Å². The Bertz CT molecular complexity index is 582. The van der Waals surface area contributed by atoms with Crippen molar-refractivity contribution in [2.45, 2.75) is 25.7 Å². The average molecular weight is 313 g/mol. The monoisotopic (exact) mass is 313 g/mol. The summed E-state index contributed by atoms with van der Waals surface area (Å²) in [6, 6.07) is 3.85. The van der Waals surface area contributed by atoms with Gasteiger partial charge in [-0.15, -0.1) is 0 Å². The minimum atomic E-state index is -3.42. The summed E-state index contributed by atoms with van der Waals surface area (Å²) in [6.07, 6.45) is 0. The molecular weight excluding hydrogens is 288 g/mol. The van der Waals surface area contributed by atoms with Crippen molar-refractivity contribution in [2.75, 3.05) is 39.3 Å². The van der Waals surface area contributed by atoms with E-state index in [1.165, 1.54) is 4.90 Å². The van der Waals surface area contributed by atoms with Crippen molar-refractivity contribution in [3.63, 3.8) is 0 Å². The van der Waals surface area contributed by atoms with Crippen LogP contribution in [0.5, 0.6) is 0 Å². The highest BCUT2D eigenvalue weighted by molar-refractivity contribution is 7.89. The number of nitrogens with zero attached hydrogens (tertiary/aromatic N) is 1. The number of nitrogens with one attached hydrogen (secondary N) is 1. The van der Waals surface area contributed by atoms with Crippen LogP contribution in [0.3, 0.4) is 0 Å². The molecule has 0 spiro atoms. The fourth-order valence-corrected chi connectivity index (χ4v) is 5.01. The molecule has 1 saturated heterocycles. The summed E-state index contributed by atoms with van der Waals surface area (Å²) < 4.78 is 27.3. The topological polar surface area (TPSA) is 62.0 Å². The minimum absolute atomic E-state index is 0.151. The van der Waals surface area contributed by atoms with Crippen LogP contribution in [0.2, 0.25) is 0 Å². The van der Waals surface area contributed by atoms with Gasteiger partial charge in [0.25, 0.3) is 0 Å². The van der Waals surface area contributed by atoms with Crippen LogP contribution in [0.15, 0.2) is 17.0 Å². The van der Waals surface area contributed by atoms with E-state index in [-0.39, 0.29) is 6.61 Å². The molecule has 21 heavy (non-hydrogen) atoms. The van der Waals surface area contributed by atoms with E-state index in [1.807, 2.05) is 32.9 Å². The molecule has 0 bridgehead atoms. The lowest BCUT2D eigenvalue weighted by Gasteiger charge is -2.31. The van der Waals surface area contributed by atoms with Crippen molar-refractivity contribution in [1.29, 1.82) is 0 Å². The molecule has 0 aliphatic carbocycles. The van der Waals surface area contributed by atoms with E-state index in [4.69, 9.17) is 5.11 Å². The quantitative estimate of drug-likeness (QED) is 0.787. The molecule has 2 rings (SSSR count). The number of piperazine rings is 1. The molecule has 0 amide bonds. The van der Waals surface area contributed by atoms with E-state index in [0.717, 1.165) is 29.8 Å². The van der Waals surface area contributed by atoms with Crippen molar-refractivity contribution in [3.05, 3.63) is 28.8 Å². The highest BCUT2D eigenvalue weighted by Crippen LogP contribution is 2.25. The Morgan fingerprint density at radius 3 is 2.14 bits per heavy atom. The molecule has 1 fully saturated rings. The van der Waals surface area contributed by atoms with Gasteiger partial charge in [0, 0.05) is 0 Å². The number of aliphatic hydroxyl groups excluding tert-OH is 1. The maximum absolute atomic E-state index is 12.9. The summed E-state index contributed by atoms with van der Waals surface area (Å²) in [5.41, 5.74) is 2.72. The van der Waals surface area contributed by atoms with E-state index in [9.17, 15) is 8.42 Å². The summed E-state index contributed by atoms with van der Waals surface area (Å²) >= 11 is 0. The number of quaternary nitrogens is 1. The van der Waals surface area contributed by atoms with Crippen LogP contribution in [0.4, 0.5) is 0 Å².